The van der Waals surface area contributed by atoms with Crippen LogP contribution in [0.4, 0.5) is 13.2 Å². The molecule has 3 atom stereocenters. The molecule has 0 spiro atoms. The fourth-order valence-corrected chi connectivity index (χ4v) is 4.46. The SMILES string of the molecule is COc1cc2c(cc1OC)[C@@H]1CCCC[C@@H]1O[C@H]2c1cccc(C(F)(F)F)c1. The molecule has 150 valence electrons. The minimum atomic E-state index is -4.39. The van der Waals surface area contributed by atoms with E-state index < -0.39 is 17.8 Å². The van der Waals surface area contributed by atoms with E-state index in [0.717, 1.165) is 42.9 Å². The average molecular weight is 392 g/mol. The van der Waals surface area contributed by atoms with Gasteiger partial charge in [0.1, 0.15) is 6.10 Å². The highest BCUT2D eigenvalue weighted by molar-refractivity contribution is 5.52. The van der Waals surface area contributed by atoms with Crippen LogP contribution in [0.5, 0.6) is 11.5 Å². The molecule has 3 nitrogen and oxygen atoms in total. The third-order valence-electron chi connectivity index (χ3n) is 5.80. The Morgan fingerprint density at radius 3 is 2.29 bits per heavy atom. The van der Waals surface area contributed by atoms with Gasteiger partial charge < -0.3 is 14.2 Å². The molecule has 0 saturated heterocycles. The van der Waals surface area contributed by atoms with Gasteiger partial charge in [0, 0.05) is 5.92 Å². The molecular formula is C22H23F3O3. The van der Waals surface area contributed by atoms with Crippen LogP contribution in [0.15, 0.2) is 36.4 Å². The molecule has 1 heterocycles. The van der Waals surface area contributed by atoms with Gasteiger partial charge in [0.25, 0.3) is 0 Å². The number of benzene rings is 2. The Kier molecular flexibility index (Phi) is 5.00. The lowest BCUT2D eigenvalue weighted by atomic mass is 9.75. The summed E-state index contributed by atoms with van der Waals surface area (Å²) in [7, 11) is 3.14. The Labute approximate surface area is 162 Å². The largest absolute Gasteiger partial charge is 0.493 e. The smallest absolute Gasteiger partial charge is 0.416 e. The van der Waals surface area contributed by atoms with Crippen LogP contribution in [0.2, 0.25) is 0 Å². The predicted octanol–water partition coefficient (Wildman–Crippen LogP) is 5.87. The summed E-state index contributed by atoms with van der Waals surface area (Å²) in [6.07, 6.45) is -0.851. The first kappa shape index (κ1) is 19.1. The number of halogens is 3. The van der Waals surface area contributed by atoms with Gasteiger partial charge in [0.15, 0.2) is 11.5 Å². The van der Waals surface area contributed by atoms with Crippen LogP contribution in [0, 0.1) is 0 Å². The molecule has 2 aromatic rings. The molecule has 28 heavy (non-hydrogen) atoms. The van der Waals surface area contributed by atoms with Crippen LogP contribution in [-0.2, 0) is 10.9 Å². The molecule has 6 heteroatoms. The summed E-state index contributed by atoms with van der Waals surface area (Å²) in [4.78, 5) is 0. The molecule has 0 N–H and O–H groups in total. The van der Waals surface area contributed by atoms with E-state index in [-0.39, 0.29) is 12.0 Å². The maximum atomic E-state index is 13.2. The number of hydrogen-bond acceptors (Lipinski definition) is 3. The molecule has 0 bridgehead atoms. The van der Waals surface area contributed by atoms with Crippen molar-refractivity contribution in [1.29, 1.82) is 0 Å². The number of fused-ring (bicyclic) bond motifs is 3. The third kappa shape index (κ3) is 3.34. The van der Waals surface area contributed by atoms with Crippen molar-refractivity contribution in [2.45, 2.75) is 50.0 Å². The number of hydrogen-bond donors (Lipinski definition) is 0. The van der Waals surface area contributed by atoms with Gasteiger partial charge in [-0.25, -0.2) is 0 Å². The van der Waals surface area contributed by atoms with Crippen LogP contribution < -0.4 is 9.47 Å². The molecule has 1 aliphatic carbocycles. The molecule has 1 aliphatic heterocycles. The Hall–Kier alpha value is -2.21. The van der Waals surface area contributed by atoms with Crippen molar-refractivity contribution in [2.24, 2.45) is 0 Å². The molecule has 0 radical (unpaired) electrons. The lowest BCUT2D eigenvalue weighted by Crippen LogP contribution is -2.34. The van der Waals surface area contributed by atoms with Crippen LogP contribution in [-0.4, -0.2) is 20.3 Å². The molecule has 2 aliphatic rings. The van der Waals surface area contributed by atoms with E-state index in [1.165, 1.54) is 12.1 Å². The van der Waals surface area contributed by atoms with Crippen molar-refractivity contribution in [3.63, 3.8) is 0 Å². The zero-order valence-electron chi connectivity index (χ0n) is 15.9. The van der Waals surface area contributed by atoms with Gasteiger partial charge in [-0.1, -0.05) is 25.0 Å². The Bertz CT molecular complexity index is 863. The van der Waals surface area contributed by atoms with Gasteiger partial charge in [-0.2, -0.15) is 13.2 Å². The lowest BCUT2D eigenvalue weighted by molar-refractivity contribution is -0.137. The Morgan fingerprint density at radius 2 is 1.61 bits per heavy atom. The Morgan fingerprint density at radius 1 is 0.929 bits per heavy atom. The first-order chi connectivity index (χ1) is 13.4. The van der Waals surface area contributed by atoms with Crippen molar-refractivity contribution in [2.75, 3.05) is 14.2 Å². The van der Waals surface area contributed by atoms with Gasteiger partial charge in [-0.15, -0.1) is 0 Å². The third-order valence-corrected chi connectivity index (χ3v) is 5.80. The fourth-order valence-electron chi connectivity index (χ4n) is 4.46. The van der Waals surface area contributed by atoms with E-state index in [1.54, 1.807) is 20.3 Å². The zero-order chi connectivity index (χ0) is 19.9. The van der Waals surface area contributed by atoms with E-state index in [2.05, 4.69) is 0 Å². The molecule has 0 unspecified atom stereocenters. The highest BCUT2D eigenvalue weighted by Crippen LogP contribution is 2.50. The van der Waals surface area contributed by atoms with Gasteiger partial charge in [-0.3, -0.25) is 0 Å². The normalized spacial score (nSPS) is 24.2. The monoisotopic (exact) mass is 392 g/mol. The maximum Gasteiger partial charge on any atom is 0.416 e. The second-order valence-corrected chi connectivity index (χ2v) is 7.40. The van der Waals surface area contributed by atoms with Crippen molar-refractivity contribution in [3.8, 4) is 11.5 Å². The number of methoxy groups -OCH3 is 2. The second kappa shape index (κ2) is 7.32. The number of ether oxygens (including phenoxy) is 3. The van der Waals surface area contributed by atoms with Gasteiger partial charge in [0.05, 0.1) is 25.9 Å². The van der Waals surface area contributed by atoms with Crippen LogP contribution in [0.3, 0.4) is 0 Å². The molecule has 2 aromatic carbocycles. The minimum absolute atomic E-state index is 0.00102. The summed E-state index contributed by atoms with van der Waals surface area (Å²) in [6.45, 7) is 0. The summed E-state index contributed by atoms with van der Waals surface area (Å²) >= 11 is 0. The quantitative estimate of drug-likeness (QED) is 0.654. The van der Waals surface area contributed by atoms with Crippen molar-refractivity contribution in [1.82, 2.24) is 0 Å². The number of alkyl halides is 3. The Balaban J connectivity index is 1.85. The van der Waals surface area contributed by atoms with E-state index in [9.17, 15) is 13.2 Å². The molecular weight excluding hydrogens is 369 g/mol. The van der Waals surface area contributed by atoms with E-state index in [1.807, 2.05) is 12.1 Å². The summed E-state index contributed by atoms with van der Waals surface area (Å²) in [5.74, 6) is 1.41. The standard InChI is InChI=1S/C22H23F3O3/c1-26-19-11-16-15-8-3-4-9-18(15)28-21(17(16)12-20(19)27-2)13-6-5-7-14(10-13)22(23,24)25/h5-7,10-12,15,18,21H,3-4,8-9H2,1-2H3/t15-,18-,21-/m0/s1. The first-order valence-electron chi connectivity index (χ1n) is 9.51. The average Bonchev–Trinajstić information content (AvgIpc) is 2.71. The van der Waals surface area contributed by atoms with Crippen LogP contribution >= 0.6 is 0 Å². The molecule has 4 rings (SSSR count). The maximum absolute atomic E-state index is 13.2. The zero-order valence-corrected chi connectivity index (χ0v) is 15.9. The second-order valence-electron chi connectivity index (χ2n) is 7.40. The highest BCUT2D eigenvalue weighted by atomic mass is 19.4. The predicted molar refractivity (Wildman–Crippen MR) is 98.9 cm³/mol. The number of rotatable bonds is 3. The van der Waals surface area contributed by atoms with Crippen molar-refractivity contribution in [3.05, 3.63) is 58.7 Å². The fraction of sp³-hybridized carbons (Fsp3) is 0.455. The summed E-state index contributed by atoms with van der Waals surface area (Å²) in [6, 6.07) is 9.24. The molecule has 0 aromatic heterocycles. The van der Waals surface area contributed by atoms with E-state index in [4.69, 9.17) is 14.2 Å². The highest BCUT2D eigenvalue weighted by Gasteiger charge is 2.39. The van der Waals surface area contributed by atoms with Crippen LogP contribution in [0.1, 0.15) is 60.0 Å². The minimum Gasteiger partial charge on any atom is -0.493 e. The van der Waals surface area contributed by atoms with Gasteiger partial charge >= 0.3 is 6.18 Å². The molecule has 1 fully saturated rings. The topological polar surface area (TPSA) is 27.7 Å². The van der Waals surface area contributed by atoms with E-state index >= 15 is 0 Å². The lowest BCUT2D eigenvalue weighted by Gasteiger charge is -2.41. The van der Waals surface area contributed by atoms with Crippen molar-refractivity contribution >= 4 is 0 Å². The van der Waals surface area contributed by atoms with Crippen molar-refractivity contribution < 1.29 is 27.4 Å². The van der Waals surface area contributed by atoms with Gasteiger partial charge in [-0.05, 0) is 53.8 Å². The van der Waals surface area contributed by atoms with Gasteiger partial charge in [0.2, 0.25) is 0 Å². The van der Waals surface area contributed by atoms with E-state index in [0.29, 0.717) is 17.1 Å². The van der Waals surface area contributed by atoms with Crippen LogP contribution in [0.25, 0.3) is 0 Å². The summed E-state index contributed by atoms with van der Waals surface area (Å²) in [5, 5.41) is 0. The summed E-state index contributed by atoms with van der Waals surface area (Å²) in [5.41, 5.74) is 1.80. The molecule has 1 saturated carbocycles. The first-order valence-corrected chi connectivity index (χ1v) is 9.51. The molecule has 0 amide bonds. The summed E-state index contributed by atoms with van der Waals surface area (Å²) < 4.78 is 57.0.